The zero-order chi connectivity index (χ0) is 25.7. The number of carbonyl (C=O) groups is 2. The topological polar surface area (TPSA) is 156 Å². The number of hydrogen-bond acceptors (Lipinski definition) is 8. The quantitative estimate of drug-likeness (QED) is 0.308. The number of amides is 1. The zero-order valence-electron chi connectivity index (χ0n) is 19.3. The Bertz CT molecular complexity index is 1470. The molecule has 0 atom stereocenters. The third-order valence-electron chi connectivity index (χ3n) is 5.10. The molecule has 4 aromatic rings. The van der Waals surface area contributed by atoms with Gasteiger partial charge in [0.05, 0.1) is 16.2 Å². The number of aryl methyl sites for hydroxylation is 2. The first-order chi connectivity index (χ1) is 17.2. The number of esters is 1. The average Bonchev–Trinajstić information content (AvgIpc) is 3.21. The molecule has 0 radical (unpaired) electrons. The van der Waals surface area contributed by atoms with E-state index < -0.39 is 28.5 Å². The summed E-state index contributed by atoms with van der Waals surface area (Å²) in [6, 6.07) is 13.7. The molecule has 0 saturated heterocycles. The van der Waals surface area contributed by atoms with E-state index in [1.54, 1.807) is 30.3 Å². The first-order valence-corrected chi connectivity index (χ1v) is 12.2. The van der Waals surface area contributed by atoms with Crippen LogP contribution in [0, 0.1) is 13.8 Å². The number of rotatable bonds is 8. The van der Waals surface area contributed by atoms with E-state index in [1.807, 2.05) is 13.8 Å². The molecule has 0 bridgehead atoms. The molecule has 2 aromatic carbocycles. The summed E-state index contributed by atoms with van der Waals surface area (Å²) in [6.07, 6.45) is 2.82. The molecule has 0 unspecified atom stereocenters. The number of carbonyl (C=O) groups excluding carboxylic acids is 2. The van der Waals surface area contributed by atoms with Crippen molar-refractivity contribution in [2.75, 3.05) is 16.6 Å². The molecular weight excluding hydrogens is 484 g/mol. The number of nitrogens with one attached hydrogen (secondary N) is 3. The normalized spacial score (nSPS) is 11.1. The monoisotopic (exact) mass is 506 g/mol. The van der Waals surface area contributed by atoms with Crippen molar-refractivity contribution in [3.8, 4) is 11.4 Å². The number of aromatic amines is 1. The Morgan fingerprint density at radius 1 is 0.972 bits per heavy atom. The van der Waals surface area contributed by atoms with Gasteiger partial charge in [-0.2, -0.15) is 0 Å². The molecule has 36 heavy (non-hydrogen) atoms. The number of imidazole rings is 1. The zero-order valence-corrected chi connectivity index (χ0v) is 20.2. The molecule has 0 spiro atoms. The van der Waals surface area contributed by atoms with E-state index in [-0.39, 0.29) is 16.4 Å². The van der Waals surface area contributed by atoms with Gasteiger partial charge in [-0.25, -0.2) is 32.9 Å². The minimum Gasteiger partial charge on any atom is -0.452 e. The van der Waals surface area contributed by atoms with E-state index in [0.717, 1.165) is 17.0 Å². The summed E-state index contributed by atoms with van der Waals surface area (Å²) in [7, 11) is -3.90. The maximum absolute atomic E-state index is 12.4. The second-order valence-electron chi connectivity index (χ2n) is 7.70. The Hall–Kier alpha value is -4.58. The third kappa shape index (κ3) is 5.91. The molecule has 0 aliphatic heterocycles. The van der Waals surface area contributed by atoms with Crippen LogP contribution in [-0.2, 0) is 19.6 Å². The number of ether oxygens (including phenoxy) is 1. The number of sulfonamides is 1. The van der Waals surface area contributed by atoms with Crippen molar-refractivity contribution in [3.63, 3.8) is 0 Å². The van der Waals surface area contributed by atoms with E-state index in [9.17, 15) is 18.0 Å². The molecule has 2 heterocycles. The highest BCUT2D eigenvalue weighted by atomic mass is 32.2. The van der Waals surface area contributed by atoms with Crippen molar-refractivity contribution in [1.82, 2.24) is 19.9 Å². The lowest BCUT2D eigenvalue weighted by molar-refractivity contribution is -0.119. The summed E-state index contributed by atoms with van der Waals surface area (Å²) >= 11 is 0. The summed E-state index contributed by atoms with van der Waals surface area (Å²) in [5.41, 5.74) is 3.30. The molecule has 184 valence electrons. The lowest BCUT2D eigenvalue weighted by Gasteiger charge is -2.09. The first-order valence-electron chi connectivity index (χ1n) is 10.7. The van der Waals surface area contributed by atoms with Gasteiger partial charge in [0.2, 0.25) is 5.95 Å². The highest BCUT2D eigenvalue weighted by molar-refractivity contribution is 7.92. The van der Waals surface area contributed by atoms with Gasteiger partial charge in [-0.05, 0) is 56.3 Å². The predicted octanol–water partition coefficient (Wildman–Crippen LogP) is 3.08. The van der Waals surface area contributed by atoms with Crippen LogP contribution in [0.4, 0.5) is 11.6 Å². The van der Waals surface area contributed by atoms with E-state index in [4.69, 9.17) is 4.74 Å². The van der Waals surface area contributed by atoms with Crippen molar-refractivity contribution in [3.05, 3.63) is 83.9 Å². The molecule has 4 rings (SSSR count). The molecule has 0 aliphatic rings. The summed E-state index contributed by atoms with van der Waals surface area (Å²) in [6.45, 7) is 3.32. The summed E-state index contributed by atoms with van der Waals surface area (Å²) in [5, 5.41) is 2.55. The SMILES string of the molecule is Cc1nc(-c2ccc(C(=O)OCC(=O)Nc3ccc(S(=O)(=O)Nc4ncccn4)cc3)cc2)[nH]c1C. The minimum atomic E-state index is -3.90. The number of H-pyrrole nitrogens is 1. The maximum Gasteiger partial charge on any atom is 0.338 e. The molecule has 1 amide bonds. The summed E-state index contributed by atoms with van der Waals surface area (Å²) < 4.78 is 32.2. The standard InChI is InChI=1S/C24H22N6O5S/c1-15-16(2)28-22(27-15)17-4-6-18(7-5-17)23(32)35-14-21(31)29-19-8-10-20(11-9-19)36(33,34)30-24-25-12-3-13-26-24/h3-13H,14H2,1-2H3,(H,27,28)(H,29,31)(H,25,26,30). The third-order valence-corrected chi connectivity index (χ3v) is 6.44. The van der Waals surface area contributed by atoms with Gasteiger partial charge < -0.3 is 15.0 Å². The molecule has 3 N–H and O–H groups in total. The van der Waals surface area contributed by atoms with Crippen LogP contribution in [0.15, 0.2) is 71.9 Å². The van der Waals surface area contributed by atoms with Gasteiger partial charge in [0, 0.05) is 29.3 Å². The van der Waals surface area contributed by atoms with Crippen LogP contribution in [0.1, 0.15) is 21.7 Å². The van der Waals surface area contributed by atoms with Gasteiger partial charge in [0.15, 0.2) is 6.61 Å². The van der Waals surface area contributed by atoms with Gasteiger partial charge in [0.1, 0.15) is 5.82 Å². The fourth-order valence-electron chi connectivity index (χ4n) is 3.11. The van der Waals surface area contributed by atoms with Crippen molar-refractivity contribution in [2.24, 2.45) is 0 Å². The van der Waals surface area contributed by atoms with Gasteiger partial charge >= 0.3 is 5.97 Å². The predicted molar refractivity (Wildman–Crippen MR) is 132 cm³/mol. The molecule has 0 saturated carbocycles. The first kappa shape index (κ1) is 24.5. The van der Waals surface area contributed by atoms with Crippen molar-refractivity contribution >= 4 is 33.5 Å². The Morgan fingerprint density at radius 2 is 1.64 bits per heavy atom. The van der Waals surface area contributed by atoms with Crippen LogP contribution < -0.4 is 10.0 Å². The lowest BCUT2D eigenvalue weighted by atomic mass is 10.1. The second-order valence-corrected chi connectivity index (χ2v) is 9.38. The molecule has 0 fully saturated rings. The fourth-order valence-corrected chi connectivity index (χ4v) is 4.07. The Morgan fingerprint density at radius 3 is 2.25 bits per heavy atom. The average molecular weight is 507 g/mol. The van der Waals surface area contributed by atoms with Gasteiger partial charge in [-0.1, -0.05) is 12.1 Å². The second kappa shape index (κ2) is 10.4. The fraction of sp³-hybridized carbons (Fsp3) is 0.125. The smallest absolute Gasteiger partial charge is 0.338 e. The van der Waals surface area contributed by atoms with Gasteiger partial charge in [-0.15, -0.1) is 0 Å². The van der Waals surface area contributed by atoms with E-state index >= 15 is 0 Å². The van der Waals surface area contributed by atoms with Crippen LogP contribution in [0.5, 0.6) is 0 Å². The number of anilines is 2. The van der Waals surface area contributed by atoms with E-state index in [2.05, 4.69) is 30.0 Å². The number of hydrogen-bond donors (Lipinski definition) is 3. The highest BCUT2D eigenvalue weighted by Crippen LogP contribution is 2.19. The van der Waals surface area contributed by atoms with Gasteiger partial charge in [-0.3, -0.25) is 4.79 Å². The highest BCUT2D eigenvalue weighted by Gasteiger charge is 2.16. The Balaban J connectivity index is 1.30. The summed E-state index contributed by atoms with van der Waals surface area (Å²) in [4.78, 5) is 39.7. The van der Waals surface area contributed by atoms with Crippen molar-refractivity contribution < 1.29 is 22.7 Å². The van der Waals surface area contributed by atoms with E-state index in [1.165, 1.54) is 36.7 Å². The molecule has 12 heteroatoms. The van der Waals surface area contributed by atoms with Crippen LogP contribution in [0.2, 0.25) is 0 Å². The number of aromatic nitrogens is 4. The van der Waals surface area contributed by atoms with Crippen LogP contribution >= 0.6 is 0 Å². The molecule has 11 nitrogen and oxygen atoms in total. The van der Waals surface area contributed by atoms with Crippen molar-refractivity contribution in [1.29, 1.82) is 0 Å². The molecular formula is C24H22N6O5S. The maximum atomic E-state index is 12.4. The molecule has 2 aromatic heterocycles. The minimum absolute atomic E-state index is 0.0392. The Kier molecular flexibility index (Phi) is 7.06. The van der Waals surface area contributed by atoms with E-state index in [0.29, 0.717) is 11.5 Å². The number of benzene rings is 2. The number of nitrogens with zero attached hydrogens (tertiary/aromatic N) is 3. The van der Waals surface area contributed by atoms with Crippen LogP contribution in [0.3, 0.4) is 0 Å². The van der Waals surface area contributed by atoms with Crippen molar-refractivity contribution in [2.45, 2.75) is 18.7 Å². The van der Waals surface area contributed by atoms with Crippen LogP contribution in [0.25, 0.3) is 11.4 Å². The largest absolute Gasteiger partial charge is 0.452 e. The summed E-state index contributed by atoms with van der Waals surface area (Å²) in [5.74, 6) is -0.586. The Labute approximate surface area is 207 Å². The van der Waals surface area contributed by atoms with Crippen LogP contribution in [-0.4, -0.2) is 46.8 Å². The molecule has 0 aliphatic carbocycles. The lowest BCUT2D eigenvalue weighted by Crippen LogP contribution is -2.21. The van der Waals surface area contributed by atoms with Gasteiger partial charge in [0.25, 0.3) is 15.9 Å².